The average molecular weight is 188 g/mol. The summed E-state index contributed by atoms with van der Waals surface area (Å²) in [6, 6.07) is 9.77. The van der Waals surface area contributed by atoms with Gasteiger partial charge in [0.05, 0.1) is 6.42 Å². The molecule has 0 amide bonds. The van der Waals surface area contributed by atoms with E-state index in [4.69, 9.17) is 4.74 Å². The van der Waals surface area contributed by atoms with Crippen molar-refractivity contribution in [1.82, 2.24) is 0 Å². The summed E-state index contributed by atoms with van der Waals surface area (Å²) in [5.74, 6) is -0.140. The first-order chi connectivity index (χ1) is 6.75. The highest BCUT2D eigenvalue weighted by molar-refractivity contribution is 5.74. The minimum absolute atomic E-state index is 0.140. The number of carbonyl (C=O) groups is 1. The predicted molar refractivity (Wildman–Crippen MR) is 53.6 cm³/mol. The lowest BCUT2D eigenvalue weighted by Crippen LogP contribution is -2.15. The minimum atomic E-state index is -0.197. The van der Waals surface area contributed by atoms with Crippen LogP contribution in [0.1, 0.15) is 25.0 Å². The van der Waals surface area contributed by atoms with Crippen LogP contribution in [0, 0.1) is 0 Å². The molecule has 1 heterocycles. The zero-order chi connectivity index (χ0) is 9.97. The van der Waals surface area contributed by atoms with Crippen LogP contribution in [0.4, 0.5) is 0 Å². The van der Waals surface area contributed by atoms with E-state index in [0.717, 1.165) is 11.1 Å². The molecule has 0 bridgehead atoms. The molecule has 1 unspecified atom stereocenters. The van der Waals surface area contributed by atoms with Gasteiger partial charge >= 0.3 is 5.97 Å². The van der Waals surface area contributed by atoms with Crippen LogP contribution in [0.3, 0.4) is 0 Å². The van der Waals surface area contributed by atoms with Gasteiger partial charge in [0, 0.05) is 0 Å². The van der Waals surface area contributed by atoms with Gasteiger partial charge in [0.15, 0.2) is 0 Å². The van der Waals surface area contributed by atoms with Crippen LogP contribution >= 0.6 is 0 Å². The first-order valence-electron chi connectivity index (χ1n) is 4.67. The molecule has 14 heavy (non-hydrogen) atoms. The molecule has 0 radical (unpaired) electrons. The van der Waals surface area contributed by atoms with Gasteiger partial charge in [-0.15, -0.1) is 0 Å². The molecule has 0 N–H and O–H groups in total. The van der Waals surface area contributed by atoms with Crippen molar-refractivity contribution in [3.05, 3.63) is 47.5 Å². The minimum Gasteiger partial charge on any atom is -0.453 e. The predicted octanol–water partition coefficient (Wildman–Crippen LogP) is 2.62. The molecular weight excluding hydrogens is 176 g/mol. The summed E-state index contributed by atoms with van der Waals surface area (Å²) in [5, 5.41) is 0. The van der Waals surface area contributed by atoms with E-state index in [-0.39, 0.29) is 12.1 Å². The van der Waals surface area contributed by atoms with E-state index in [1.165, 1.54) is 0 Å². The Balaban J connectivity index is 2.28. The number of carbonyl (C=O) groups excluding carboxylic acids is 1. The van der Waals surface area contributed by atoms with Crippen molar-refractivity contribution in [2.45, 2.75) is 19.4 Å². The summed E-state index contributed by atoms with van der Waals surface area (Å²) in [7, 11) is 0. The maximum atomic E-state index is 11.2. The summed E-state index contributed by atoms with van der Waals surface area (Å²) >= 11 is 0. The van der Waals surface area contributed by atoms with Gasteiger partial charge in [-0.25, -0.2) is 0 Å². The van der Waals surface area contributed by atoms with E-state index < -0.39 is 0 Å². The van der Waals surface area contributed by atoms with Crippen LogP contribution in [0.5, 0.6) is 0 Å². The van der Waals surface area contributed by atoms with Crippen molar-refractivity contribution < 1.29 is 9.53 Å². The van der Waals surface area contributed by atoms with E-state index in [1.807, 2.05) is 43.3 Å². The highest BCUT2D eigenvalue weighted by Crippen LogP contribution is 2.26. The zero-order valence-electron chi connectivity index (χ0n) is 8.07. The SMILES string of the molecule is CC1=CC(c2ccccc2)OC(=O)C1. The van der Waals surface area contributed by atoms with Gasteiger partial charge in [0.25, 0.3) is 0 Å². The maximum absolute atomic E-state index is 11.2. The topological polar surface area (TPSA) is 26.3 Å². The van der Waals surface area contributed by atoms with E-state index >= 15 is 0 Å². The Morgan fingerprint density at radius 3 is 2.64 bits per heavy atom. The van der Waals surface area contributed by atoms with Gasteiger partial charge in [-0.05, 0) is 18.6 Å². The normalized spacial score (nSPS) is 21.4. The van der Waals surface area contributed by atoms with E-state index in [0.29, 0.717) is 6.42 Å². The second-order valence-electron chi connectivity index (χ2n) is 3.51. The molecule has 2 nitrogen and oxygen atoms in total. The third kappa shape index (κ3) is 1.84. The Labute approximate surface area is 83.2 Å². The fourth-order valence-corrected chi connectivity index (χ4v) is 1.57. The quantitative estimate of drug-likeness (QED) is 0.500. The molecule has 2 rings (SSSR count). The number of ether oxygens (including phenoxy) is 1. The third-order valence-electron chi connectivity index (χ3n) is 2.25. The van der Waals surface area contributed by atoms with Gasteiger partial charge in [-0.2, -0.15) is 0 Å². The summed E-state index contributed by atoms with van der Waals surface area (Å²) in [6.07, 6.45) is 2.22. The van der Waals surface area contributed by atoms with E-state index in [9.17, 15) is 4.79 Å². The molecule has 2 heteroatoms. The van der Waals surface area contributed by atoms with Gasteiger partial charge in [0.2, 0.25) is 0 Å². The Hall–Kier alpha value is -1.57. The number of cyclic esters (lactones) is 1. The molecule has 0 spiro atoms. The van der Waals surface area contributed by atoms with Crippen LogP contribution in [0.2, 0.25) is 0 Å². The largest absolute Gasteiger partial charge is 0.453 e. The fraction of sp³-hybridized carbons (Fsp3) is 0.250. The molecule has 0 saturated heterocycles. The second-order valence-corrected chi connectivity index (χ2v) is 3.51. The highest BCUT2D eigenvalue weighted by Gasteiger charge is 2.19. The first kappa shape index (κ1) is 9.00. The Kier molecular flexibility index (Phi) is 2.35. The lowest BCUT2D eigenvalue weighted by atomic mass is 10.0. The maximum Gasteiger partial charge on any atom is 0.310 e. The third-order valence-corrected chi connectivity index (χ3v) is 2.25. The smallest absolute Gasteiger partial charge is 0.310 e. The number of hydrogen-bond donors (Lipinski definition) is 0. The number of hydrogen-bond acceptors (Lipinski definition) is 2. The van der Waals surface area contributed by atoms with Crippen LogP contribution in [0.15, 0.2) is 42.0 Å². The Morgan fingerprint density at radius 2 is 2.00 bits per heavy atom. The monoisotopic (exact) mass is 188 g/mol. The van der Waals surface area contributed by atoms with Crippen LogP contribution in [0.25, 0.3) is 0 Å². The lowest BCUT2D eigenvalue weighted by Gasteiger charge is -2.20. The summed E-state index contributed by atoms with van der Waals surface area (Å²) in [4.78, 5) is 11.2. The van der Waals surface area contributed by atoms with E-state index in [2.05, 4.69) is 0 Å². The number of rotatable bonds is 1. The van der Waals surface area contributed by atoms with Gasteiger partial charge in [-0.1, -0.05) is 35.9 Å². The fourth-order valence-electron chi connectivity index (χ4n) is 1.57. The average Bonchev–Trinajstić information content (AvgIpc) is 2.18. The highest BCUT2D eigenvalue weighted by atomic mass is 16.5. The summed E-state index contributed by atoms with van der Waals surface area (Å²) in [6.45, 7) is 1.95. The molecule has 0 aliphatic carbocycles. The van der Waals surface area contributed by atoms with Gasteiger partial charge in [0.1, 0.15) is 6.10 Å². The van der Waals surface area contributed by atoms with Crippen LogP contribution in [-0.2, 0) is 9.53 Å². The van der Waals surface area contributed by atoms with Crippen LogP contribution < -0.4 is 0 Å². The molecule has 0 fully saturated rings. The van der Waals surface area contributed by atoms with E-state index in [1.54, 1.807) is 0 Å². The van der Waals surface area contributed by atoms with Crippen molar-refractivity contribution >= 4 is 5.97 Å². The molecule has 1 aromatic carbocycles. The first-order valence-corrected chi connectivity index (χ1v) is 4.67. The molecule has 0 aromatic heterocycles. The molecular formula is C12H12O2. The van der Waals surface area contributed by atoms with Crippen LogP contribution in [-0.4, -0.2) is 5.97 Å². The van der Waals surface area contributed by atoms with Crippen molar-refractivity contribution in [2.75, 3.05) is 0 Å². The zero-order valence-corrected chi connectivity index (χ0v) is 8.07. The molecule has 1 aliphatic rings. The van der Waals surface area contributed by atoms with Gasteiger partial charge < -0.3 is 4.74 Å². The standard InChI is InChI=1S/C12H12O2/c1-9-7-11(14-12(13)8-9)10-5-3-2-4-6-10/h2-7,11H,8H2,1H3. The number of esters is 1. The van der Waals surface area contributed by atoms with Gasteiger partial charge in [-0.3, -0.25) is 4.79 Å². The summed E-state index contributed by atoms with van der Waals surface area (Å²) < 4.78 is 5.23. The summed E-state index contributed by atoms with van der Waals surface area (Å²) in [5.41, 5.74) is 2.11. The molecule has 1 atom stereocenters. The number of benzene rings is 1. The van der Waals surface area contributed by atoms with Crippen molar-refractivity contribution in [3.63, 3.8) is 0 Å². The van der Waals surface area contributed by atoms with Crippen molar-refractivity contribution in [1.29, 1.82) is 0 Å². The Bertz CT molecular complexity index is 365. The molecule has 1 aliphatic heterocycles. The molecule has 0 saturated carbocycles. The van der Waals surface area contributed by atoms with Crippen molar-refractivity contribution in [2.24, 2.45) is 0 Å². The Morgan fingerprint density at radius 1 is 1.29 bits per heavy atom. The molecule has 72 valence electrons. The second kappa shape index (κ2) is 3.66. The molecule has 1 aromatic rings. The lowest BCUT2D eigenvalue weighted by molar-refractivity contribution is -0.147. The van der Waals surface area contributed by atoms with Crippen molar-refractivity contribution in [3.8, 4) is 0 Å².